The number of nitrogens with zero attached hydrogens (tertiary/aromatic N) is 1. The van der Waals surface area contributed by atoms with E-state index in [1.807, 2.05) is 49.4 Å². The number of rotatable bonds is 7. The number of carbonyl (C=O) groups excluding carboxylic acids is 1. The fraction of sp³-hybridized carbons (Fsp3) is 0.182. The number of hydrogen-bond acceptors (Lipinski definition) is 4. The maximum Gasteiger partial charge on any atom is 0.263 e. The first-order valence-electron chi connectivity index (χ1n) is 8.84. The summed E-state index contributed by atoms with van der Waals surface area (Å²) in [4.78, 5) is 16.3. The Kier molecular flexibility index (Phi) is 6.05. The van der Waals surface area contributed by atoms with Gasteiger partial charge in [0.2, 0.25) is 0 Å². The van der Waals surface area contributed by atoms with E-state index < -0.39 is 0 Å². The number of hydrogen-bond donors (Lipinski definition) is 2. The van der Waals surface area contributed by atoms with Crippen molar-refractivity contribution in [2.24, 2.45) is 0 Å². The molecule has 0 aliphatic carbocycles. The Balaban J connectivity index is 1.47. The highest BCUT2D eigenvalue weighted by Gasteiger charge is 2.05. The van der Waals surface area contributed by atoms with Gasteiger partial charge in [-0.25, -0.2) is 4.98 Å². The maximum atomic E-state index is 12.0. The van der Waals surface area contributed by atoms with Crippen LogP contribution in [0.1, 0.15) is 16.7 Å². The van der Waals surface area contributed by atoms with Gasteiger partial charge in [0.05, 0.1) is 11.9 Å². The van der Waals surface area contributed by atoms with Crippen molar-refractivity contribution in [1.82, 2.24) is 4.98 Å². The van der Waals surface area contributed by atoms with E-state index in [-0.39, 0.29) is 12.5 Å². The first kappa shape index (κ1) is 18.5. The molecule has 1 heterocycles. The SMILES string of the molecule is Cc1ccc(OCC(=O)Nc2ccc(NCc3ccccc3C)cn2)cc1. The predicted octanol–water partition coefficient (Wildman–Crippen LogP) is 4.33. The lowest BCUT2D eigenvalue weighted by Gasteiger charge is -2.10. The zero-order chi connectivity index (χ0) is 19.1. The maximum absolute atomic E-state index is 12.0. The van der Waals surface area contributed by atoms with Crippen LogP contribution in [0.4, 0.5) is 11.5 Å². The minimum Gasteiger partial charge on any atom is -0.484 e. The number of amides is 1. The highest BCUT2D eigenvalue weighted by atomic mass is 16.5. The number of benzene rings is 2. The van der Waals surface area contributed by atoms with Gasteiger partial charge < -0.3 is 15.4 Å². The van der Waals surface area contributed by atoms with Crippen LogP contribution in [-0.2, 0) is 11.3 Å². The minimum absolute atomic E-state index is 0.0575. The molecule has 3 rings (SSSR count). The zero-order valence-corrected chi connectivity index (χ0v) is 15.5. The van der Waals surface area contributed by atoms with Crippen LogP contribution in [0.25, 0.3) is 0 Å². The van der Waals surface area contributed by atoms with Gasteiger partial charge in [-0.15, -0.1) is 0 Å². The third kappa shape index (κ3) is 5.57. The van der Waals surface area contributed by atoms with Crippen LogP contribution in [0.15, 0.2) is 66.9 Å². The van der Waals surface area contributed by atoms with Gasteiger partial charge in [0, 0.05) is 6.54 Å². The fourth-order valence-corrected chi connectivity index (χ4v) is 2.54. The molecule has 0 unspecified atom stereocenters. The molecule has 5 nitrogen and oxygen atoms in total. The molecule has 0 bridgehead atoms. The van der Waals surface area contributed by atoms with Crippen molar-refractivity contribution in [2.45, 2.75) is 20.4 Å². The van der Waals surface area contributed by atoms with Crippen LogP contribution in [0, 0.1) is 13.8 Å². The van der Waals surface area contributed by atoms with Crippen molar-refractivity contribution in [2.75, 3.05) is 17.2 Å². The molecule has 2 aromatic carbocycles. The molecule has 0 atom stereocenters. The van der Waals surface area contributed by atoms with Crippen molar-refractivity contribution in [3.8, 4) is 5.75 Å². The molecule has 0 fully saturated rings. The van der Waals surface area contributed by atoms with Gasteiger partial charge in [0.1, 0.15) is 11.6 Å². The summed E-state index contributed by atoms with van der Waals surface area (Å²) < 4.78 is 5.47. The summed E-state index contributed by atoms with van der Waals surface area (Å²) in [5, 5.41) is 6.06. The highest BCUT2D eigenvalue weighted by Crippen LogP contribution is 2.14. The normalized spacial score (nSPS) is 10.3. The molecule has 0 saturated carbocycles. The molecule has 3 aromatic rings. The number of aryl methyl sites for hydroxylation is 2. The topological polar surface area (TPSA) is 63.2 Å². The largest absolute Gasteiger partial charge is 0.484 e. The summed E-state index contributed by atoms with van der Waals surface area (Å²) in [6.07, 6.45) is 1.70. The lowest BCUT2D eigenvalue weighted by atomic mass is 10.1. The van der Waals surface area contributed by atoms with Crippen LogP contribution < -0.4 is 15.4 Å². The van der Waals surface area contributed by atoms with E-state index in [0.29, 0.717) is 11.6 Å². The Bertz CT molecular complexity index is 890. The van der Waals surface area contributed by atoms with Crippen LogP contribution in [0.3, 0.4) is 0 Å². The van der Waals surface area contributed by atoms with Crippen molar-refractivity contribution in [3.63, 3.8) is 0 Å². The highest BCUT2D eigenvalue weighted by molar-refractivity contribution is 5.91. The van der Waals surface area contributed by atoms with Gasteiger partial charge in [0.15, 0.2) is 6.61 Å². The van der Waals surface area contributed by atoms with Crippen molar-refractivity contribution in [3.05, 3.63) is 83.6 Å². The van der Waals surface area contributed by atoms with Gasteiger partial charge in [-0.1, -0.05) is 42.0 Å². The third-order valence-electron chi connectivity index (χ3n) is 4.17. The number of anilines is 2. The number of nitrogens with one attached hydrogen (secondary N) is 2. The van der Waals surface area contributed by atoms with Gasteiger partial charge in [-0.2, -0.15) is 0 Å². The molecule has 0 saturated heterocycles. The van der Waals surface area contributed by atoms with Crippen molar-refractivity contribution < 1.29 is 9.53 Å². The Morgan fingerprint density at radius 1 is 1.00 bits per heavy atom. The molecule has 5 heteroatoms. The van der Waals surface area contributed by atoms with E-state index in [2.05, 4.69) is 34.7 Å². The molecular weight excluding hydrogens is 338 g/mol. The second kappa shape index (κ2) is 8.85. The Morgan fingerprint density at radius 2 is 1.78 bits per heavy atom. The van der Waals surface area contributed by atoms with E-state index in [1.54, 1.807) is 12.3 Å². The first-order valence-corrected chi connectivity index (χ1v) is 8.84. The molecule has 1 amide bonds. The van der Waals surface area contributed by atoms with Gasteiger partial charge in [-0.05, 0) is 49.2 Å². The summed E-state index contributed by atoms with van der Waals surface area (Å²) in [5.74, 6) is 0.914. The van der Waals surface area contributed by atoms with Gasteiger partial charge in [0.25, 0.3) is 5.91 Å². The van der Waals surface area contributed by atoms with E-state index in [4.69, 9.17) is 4.74 Å². The second-order valence-electron chi connectivity index (χ2n) is 6.36. The minimum atomic E-state index is -0.247. The average Bonchev–Trinajstić information content (AvgIpc) is 2.68. The fourth-order valence-electron chi connectivity index (χ4n) is 2.54. The van der Waals surface area contributed by atoms with Crippen LogP contribution in [0.5, 0.6) is 5.75 Å². The Morgan fingerprint density at radius 3 is 2.48 bits per heavy atom. The Labute approximate surface area is 159 Å². The van der Waals surface area contributed by atoms with Gasteiger partial charge >= 0.3 is 0 Å². The first-order chi connectivity index (χ1) is 13.1. The lowest BCUT2D eigenvalue weighted by molar-refractivity contribution is -0.118. The molecule has 27 heavy (non-hydrogen) atoms. The summed E-state index contributed by atoms with van der Waals surface area (Å²) >= 11 is 0. The Hall–Kier alpha value is -3.34. The molecule has 0 radical (unpaired) electrons. The smallest absolute Gasteiger partial charge is 0.263 e. The van der Waals surface area contributed by atoms with E-state index >= 15 is 0 Å². The monoisotopic (exact) mass is 361 g/mol. The lowest BCUT2D eigenvalue weighted by Crippen LogP contribution is -2.20. The molecule has 0 aliphatic rings. The molecule has 1 aromatic heterocycles. The number of carbonyl (C=O) groups is 1. The average molecular weight is 361 g/mol. The van der Waals surface area contributed by atoms with Crippen LogP contribution in [0.2, 0.25) is 0 Å². The van der Waals surface area contributed by atoms with Crippen LogP contribution >= 0.6 is 0 Å². The molecule has 138 valence electrons. The number of pyridine rings is 1. The quantitative estimate of drug-likeness (QED) is 0.657. The number of aromatic nitrogens is 1. The predicted molar refractivity (Wildman–Crippen MR) is 108 cm³/mol. The summed E-state index contributed by atoms with van der Waals surface area (Å²) in [6, 6.07) is 19.5. The molecular formula is C22H23N3O2. The third-order valence-corrected chi connectivity index (χ3v) is 4.17. The van der Waals surface area contributed by atoms with E-state index in [9.17, 15) is 4.79 Å². The van der Waals surface area contributed by atoms with E-state index in [0.717, 1.165) is 17.8 Å². The standard InChI is InChI=1S/C22H23N3O2/c1-16-7-10-20(11-8-16)27-15-22(26)25-21-12-9-19(14-24-21)23-13-18-6-4-3-5-17(18)2/h3-12,14,23H,13,15H2,1-2H3,(H,24,25,26). The van der Waals surface area contributed by atoms with Gasteiger partial charge in [-0.3, -0.25) is 4.79 Å². The van der Waals surface area contributed by atoms with E-state index in [1.165, 1.54) is 11.1 Å². The van der Waals surface area contributed by atoms with Crippen molar-refractivity contribution in [1.29, 1.82) is 0 Å². The second-order valence-corrected chi connectivity index (χ2v) is 6.36. The summed E-state index contributed by atoms with van der Waals surface area (Å²) in [7, 11) is 0. The van der Waals surface area contributed by atoms with Crippen molar-refractivity contribution >= 4 is 17.4 Å². The summed E-state index contributed by atoms with van der Waals surface area (Å²) in [6.45, 7) is 4.76. The molecule has 0 aliphatic heterocycles. The number of ether oxygens (including phenoxy) is 1. The van der Waals surface area contributed by atoms with Crippen LogP contribution in [-0.4, -0.2) is 17.5 Å². The molecule has 2 N–H and O–H groups in total. The zero-order valence-electron chi connectivity index (χ0n) is 15.5. The molecule has 0 spiro atoms. The summed E-state index contributed by atoms with van der Waals surface area (Å²) in [5.41, 5.74) is 4.53.